The minimum Gasteiger partial charge on any atom is -0.469 e. The molecule has 0 aliphatic carbocycles. The SMILES string of the molecule is COC(=O)CC[C@H](c1cc(Cl)ccn1)[C@@H](O)c1ccc(Cl)cc1. The van der Waals surface area contributed by atoms with E-state index in [9.17, 15) is 9.90 Å². The fourth-order valence-corrected chi connectivity index (χ4v) is 2.65. The third kappa shape index (κ3) is 4.93. The Bertz CT molecular complexity index is 661. The predicted molar refractivity (Wildman–Crippen MR) is 89.6 cm³/mol. The van der Waals surface area contributed by atoms with Gasteiger partial charge in [0.25, 0.3) is 0 Å². The van der Waals surface area contributed by atoms with Crippen LogP contribution in [0.1, 0.15) is 36.1 Å². The zero-order chi connectivity index (χ0) is 16.8. The molecule has 0 saturated heterocycles. The summed E-state index contributed by atoms with van der Waals surface area (Å²) in [4.78, 5) is 15.7. The van der Waals surface area contributed by atoms with E-state index in [1.54, 1.807) is 42.6 Å². The van der Waals surface area contributed by atoms with Gasteiger partial charge in [0, 0.05) is 34.3 Å². The van der Waals surface area contributed by atoms with Gasteiger partial charge in [-0.05, 0) is 36.2 Å². The Morgan fingerprint density at radius 2 is 1.91 bits per heavy atom. The number of hydrogen-bond acceptors (Lipinski definition) is 4. The van der Waals surface area contributed by atoms with Crippen LogP contribution in [0.5, 0.6) is 0 Å². The number of aliphatic hydroxyl groups excluding tert-OH is 1. The van der Waals surface area contributed by atoms with E-state index in [0.717, 1.165) is 0 Å². The van der Waals surface area contributed by atoms with Crippen LogP contribution in [0.3, 0.4) is 0 Å². The van der Waals surface area contributed by atoms with Crippen LogP contribution in [0.2, 0.25) is 10.0 Å². The van der Waals surface area contributed by atoms with Crippen LogP contribution in [-0.4, -0.2) is 23.2 Å². The highest BCUT2D eigenvalue weighted by molar-refractivity contribution is 6.30. The molecule has 0 spiro atoms. The largest absolute Gasteiger partial charge is 0.469 e. The van der Waals surface area contributed by atoms with E-state index in [1.165, 1.54) is 7.11 Å². The Kier molecular flexibility index (Phi) is 6.39. The van der Waals surface area contributed by atoms with Gasteiger partial charge in [0.2, 0.25) is 0 Å². The van der Waals surface area contributed by atoms with Crippen molar-refractivity contribution < 1.29 is 14.6 Å². The molecule has 1 aromatic heterocycles. The number of aromatic nitrogens is 1. The van der Waals surface area contributed by atoms with Crippen LogP contribution in [0.4, 0.5) is 0 Å². The predicted octanol–water partition coefficient (Wildman–Crippen LogP) is 4.16. The van der Waals surface area contributed by atoms with Crippen LogP contribution in [-0.2, 0) is 9.53 Å². The molecule has 2 atom stereocenters. The molecule has 1 aromatic carbocycles. The number of rotatable bonds is 6. The summed E-state index contributed by atoms with van der Waals surface area (Å²) >= 11 is 11.9. The summed E-state index contributed by atoms with van der Waals surface area (Å²) in [6, 6.07) is 10.3. The number of halogens is 2. The lowest BCUT2D eigenvalue weighted by Gasteiger charge is -2.23. The number of nitrogens with zero attached hydrogens (tertiary/aromatic N) is 1. The molecule has 1 N–H and O–H groups in total. The molecular formula is C17H17Cl2NO3. The summed E-state index contributed by atoms with van der Waals surface area (Å²) < 4.78 is 4.68. The third-order valence-corrected chi connectivity index (χ3v) is 4.09. The average molecular weight is 354 g/mol. The molecule has 23 heavy (non-hydrogen) atoms. The molecule has 122 valence electrons. The first-order chi connectivity index (χ1) is 11.0. The Morgan fingerprint density at radius 1 is 1.22 bits per heavy atom. The maximum atomic E-state index is 11.5. The van der Waals surface area contributed by atoms with Crippen molar-refractivity contribution in [1.29, 1.82) is 0 Å². The number of aliphatic hydroxyl groups is 1. The molecule has 0 amide bonds. The molecule has 1 heterocycles. The highest BCUT2D eigenvalue weighted by Crippen LogP contribution is 2.35. The summed E-state index contributed by atoms with van der Waals surface area (Å²) in [7, 11) is 1.34. The number of ether oxygens (including phenoxy) is 1. The van der Waals surface area contributed by atoms with Crippen molar-refractivity contribution in [2.45, 2.75) is 24.9 Å². The van der Waals surface area contributed by atoms with Gasteiger partial charge in [-0.15, -0.1) is 0 Å². The third-order valence-electron chi connectivity index (χ3n) is 3.60. The minimum absolute atomic E-state index is 0.181. The Morgan fingerprint density at radius 3 is 2.52 bits per heavy atom. The first-order valence-electron chi connectivity index (χ1n) is 7.13. The lowest BCUT2D eigenvalue weighted by molar-refractivity contribution is -0.140. The second kappa shape index (κ2) is 8.29. The van der Waals surface area contributed by atoms with Gasteiger partial charge < -0.3 is 9.84 Å². The lowest BCUT2D eigenvalue weighted by Crippen LogP contribution is -2.15. The zero-order valence-corrected chi connectivity index (χ0v) is 14.1. The molecule has 0 aliphatic heterocycles. The van der Waals surface area contributed by atoms with Gasteiger partial charge in [-0.3, -0.25) is 9.78 Å². The number of carbonyl (C=O) groups excluding carboxylic acids is 1. The molecule has 0 aliphatic rings. The minimum atomic E-state index is -0.831. The number of hydrogen-bond donors (Lipinski definition) is 1. The molecule has 4 nitrogen and oxygen atoms in total. The fraction of sp³-hybridized carbons (Fsp3) is 0.294. The summed E-state index contributed by atoms with van der Waals surface area (Å²) in [5.41, 5.74) is 1.33. The highest BCUT2D eigenvalue weighted by Gasteiger charge is 2.25. The van der Waals surface area contributed by atoms with Crippen molar-refractivity contribution >= 4 is 29.2 Å². The number of carbonyl (C=O) groups is 1. The molecule has 0 bridgehead atoms. The molecule has 0 fully saturated rings. The van der Waals surface area contributed by atoms with Crippen LogP contribution >= 0.6 is 23.2 Å². The molecule has 2 rings (SSSR count). The van der Waals surface area contributed by atoms with E-state index in [2.05, 4.69) is 9.72 Å². The standard InChI is InChI=1S/C17H17Cl2NO3/c1-23-16(21)7-6-14(15-10-13(19)8-9-20-15)17(22)11-2-4-12(18)5-3-11/h2-5,8-10,14,17,22H,6-7H2,1H3/t14-,17+/m1/s1. The van der Waals surface area contributed by atoms with E-state index in [4.69, 9.17) is 23.2 Å². The van der Waals surface area contributed by atoms with Crippen LogP contribution in [0, 0.1) is 0 Å². The second-order valence-corrected chi connectivity index (χ2v) is 5.99. The summed E-state index contributed by atoms with van der Waals surface area (Å²) in [5.74, 6) is -0.714. The monoisotopic (exact) mass is 353 g/mol. The van der Waals surface area contributed by atoms with Crippen molar-refractivity contribution in [2.75, 3.05) is 7.11 Å². The second-order valence-electron chi connectivity index (χ2n) is 5.12. The number of methoxy groups -OCH3 is 1. The number of esters is 1. The van der Waals surface area contributed by atoms with E-state index in [-0.39, 0.29) is 18.3 Å². The van der Waals surface area contributed by atoms with Gasteiger partial charge in [-0.25, -0.2) is 0 Å². The van der Waals surface area contributed by atoms with Crippen molar-refractivity contribution in [3.63, 3.8) is 0 Å². The van der Waals surface area contributed by atoms with Crippen LogP contribution in [0.15, 0.2) is 42.6 Å². The average Bonchev–Trinajstić information content (AvgIpc) is 2.55. The molecule has 2 aromatic rings. The van der Waals surface area contributed by atoms with E-state index in [0.29, 0.717) is 27.7 Å². The van der Waals surface area contributed by atoms with E-state index < -0.39 is 6.10 Å². The van der Waals surface area contributed by atoms with Gasteiger partial charge in [0.1, 0.15) is 0 Å². The first kappa shape index (κ1) is 17.7. The molecule has 0 radical (unpaired) electrons. The number of pyridine rings is 1. The van der Waals surface area contributed by atoms with Gasteiger partial charge in [0.15, 0.2) is 0 Å². The molecule has 0 saturated carbocycles. The highest BCUT2D eigenvalue weighted by atomic mass is 35.5. The Balaban J connectivity index is 2.28. The topological polar surface area (TPSA) is 59.4 Å². The molecular weight excluding hydrogens is 337 g/mol. The normalized spacial score (nSPS) is 13.4. The quantitative estimate of drug-likeness (QED) is 0.792. The van der Waals surface area contributed by atoms with Crippen molar-refractivity contribution in [3.8, 4) is 0 Å². The van der Waals surface area contributed by atoms with Crippen molar-refractivity contribution in [3.05, 3.63) is 63.9 Å². The maximum absolute atomic E-state index is 11.5. The summed E-state index contributed by atoms with van der Waals surface area (Å²) in [6.45, 7) is 0. The Labute approximate surface area is 145 Å². The number of benzene rings is 1. The van der Waals surface area contributed by atoms with Gasteiger partial charge in [-0.2, -0.15) is 0 Å². The van der Waals surface area contributed by atoms with E-state index >= 15 is 0 Å². The lowest BCUT2D eigenvalue weighted by atomic mass is 9.88. The van der Waals surface area contributed by atoms with Crippen LogP contribution < -0.4 is 0 Å². The van der Waals surface area contributed by atoms with Gasteiger partial charge >= 0.3 is 5.97 Å². The summed E-state index contributed by atoms with van der Waals surface area (Å²) in [6.07, 6.45) is 1.32. The van der Waals surface area contributed by atoms with Gasteiger partial charge in [-0.1, -0.05) is 35.3 Å². The summed E-state index contributed by atoms with van der Waals surface area (Å²) in [5, 5.41) is 11.8. The van der Waals surface area contributed by atoms with Gasteiger partial charge in [0.05, 0.1) is 13.2 Å². The molecule has 6 heteroatoms. The van der Waals surface area contributed by atoms with Crippen LogP contribution in [0.25, 0.3) is 0 Å². The van der Waals surface area contributed by atoms with Crippen molar-refractivity contribution in [2.24, 2.45) is 0 Å². The smallest absolute Gasteiger partial charge is 0.305 e. The first-order valence-corrected chi connectivity index (χ1v) is 7.88. The fourth-order valence-electron chi connectivity index (χ4n) is 2.36. The van der Waals surface area contributed by atoms with Crippen molar-refractivity contribution in [1.82, 2.24) is 4.98 Å². The van der Waals surface area contributed by atoms with E-state index in [1.807, 2.05) is 0 Å². The zero-order valence-electron chi connectivity index (χ0n) is 12.6. The maximum Gasteiger partial charge on any atom is 0.305 e. The molecule has 0 unspecified atom stereocenters. The Hall–Kier alpha value is -1.62.